The van der Waals surface area contributed by atoms with Crippen molar-refractivity contribution in [3.05, 3.63) is 23.7 Å². The van der Waals surface area contributed by atoms with Crippen LogP contribution in [0.5, 0.6) is 0 Å². The maximum absolute atomic E-state index is 12.8. The summed E-state index contributed by atoms with van der Waals surface area (Å²) in [7, 11) is 1.77. The first-order valence-corrected chi connectivity index (χ1v) is 10.1. The van der Waals surface area contributed by atoms with Gasteiger partial charge in [-0.15, -0.1) is 10.2 Å². The molecule has 2 fully saturated rings. The minimum absolute atomic E-state index is 0.0299. The average molecular weight is 387 g/mol. The van der Waals surface area contributed by atoms with E-state index in [9.17, 15) is 4.79 Å². The molecule has 28 heavy (non-hydrogen) atoms. The summed E-state index contributed by atoms with van der Waals surface area (Å²) < 4.78 is 5.90. The molecule has 0 aromatic carbocycles. The van der Waals surface area contributed by atoms with Gasteiger partial charge in [0.1, 0.15) is 0 Å². The highest BCUT2D eigenvalue weighted by molar-refractivity contribution is 5.91. The second kappa shape index (κ2) is 7.62. The van der Waals surface area contributed by atoms with Crippen LogP contribution in [0.1, 0.15) is 67.7 Å². The molecule has 0 saturated carbocycles. The lowest BCUT2D eigenvalue weighted by atomic mass is 9.84. The maximum atomic E-state index is 12.8. The molecular weight excluding hydrogens is 358 g/mol. The van der Waals surface area contributed by atoms with Crippen LogP contribution in [-0.4, -0.2) is 67.1 Å². The smallest absolute Gasteiger partial charge is 0.291 e. The summed E-state index contributed by atoms with van der Waals surface area (Å²) >= 11 is 0. The van der Waals surface area contributed by atoms with E-state index in [0.717, 1.165) is 57.7 Å². The molecule has 0 N–H and O–H groups in total. The SMILES string of the molecule is Cn1nnc(CN2CCC(c3ncc(C(=O)N4CCCC(C)(C)C4)o3)CC2)n1. The van der Waals surface area contributed by atoms with Crippen molar-refractivity contribution in [2.45, 2.75) is 52.0 Å². The minimum atomic E-state index is -0.0299. The Kier molecular flexibility index (Phi) is 5.18. The standard InChI is InChI=1S/C19H29N7O2/c1-19(2)7-4-8-26(13-19)18(27)15-11-20-17(28-15)14-5-9-25(10-6-14)12-16-21-23-24(3)22-16/h11,14H,4-10,12-13H2,1-3H3. The number of nitrogens with zero attached hydrogens (tertiary/aromatic N) is 7. The summed E-state index contributed by atoms with van der Waals surface area (Å²) in [6.45, 7) is 8.55. The van der Waals surface area contributed by atoms with E-state index in [2.05, 4.69) is 39.1 Å². The van der Waals surface area contributed by atoms with Crippen molar-refractivity contribution in [2.24, 2.45) is 12.5 Å². The third kappa shape index (κ3) is 4.24. The number of oxazole rings is 1. The second-order valence-corrected chi connectivity index (χ2v) is 8.80. The van der Waals surface area contributed by atoms with E-state index in [4.69, 9.17) is 4.42 Å². The van der Waals surface area contributed by atoms with Gasteiger partial charge < -0.3 is 9.32 Å². The van der Waals surface area contributed by atoms with Crippen molar-refractivity contribution in [3.8, 4) is 0 Å². The van der Waals surface area contributed by atoms with Crippen molar-refractivity contribution in [1.82, 2.24) is 35.0 Å². The molecule has 9 nitrogen and oxygen atoms in total. The summed E-state index contributed by atoms with van der Waals surface area (Å²) in [6.07, 6.45) is 5.70. The number of likely N-dealkylation sites (tertiary alicyclic amines) is 2. The Balaban J connectivity index is 1.33. The van der Waals surface area contributed by atoms with E-state index in [0.29, 0.717) is 18.2 Å². The summed E-state index contributed by atoms with van der Waals surface area (Å²) in [5.41, 5.74) is 0.168. The predicted octanol–water partition coefficient (Wildman–Crippen LogP) is 1.84. The Morgan fingerprint density at radius 3 is 2.75 bits per heavy atom. The molecule has 0 unspecified atom stereocenters. The van der Waals surface area contributed by atoms with E-state index in [-0.39, 0.29) is 17.2 Å². The van der Waals surface area contributed by atoms with Crippen LogP contribution in [0.3, 0.4) is 0 Å². The van der Waals surface area contributed by atoms with Gasteiger partial charge in [0.2, 0.25) is 5.76 Å². The van der Waals surface area contributed by atoms with E-state index in [1.54, 1.807) is 13.2 Å². The first-order chi connectivity index (χ1) is 13.4. The molecule has 0 radical (unpaired) electrons. The monoisotopic (exact) mass is 387 g/mol. The molecule has 0 aliphatic carbocycles. The van der Waals surface area contributed by atoms with Crippen LogP contribution in [-0.2, 0) is 13.6 Å². The van der Waals surface area contributed by atoms with Gasteiger partial charge in [0.05, 0.1) is 19.8 Å². The fourth-order valence-corrected chi connectivity index (χ4v) is 4.25. The number of hydrogen-bond donors (Lipinski definition) is 0. The number of amides is 1. The lowest BCUT2D eigenvalue weighted by Gasteiger charge is -2.37. The molecule has 0 bridgehead atoms. The third-order valence-corrected chi connectivity index (χ3v) is 5.77. The zero-order chi connectivity index (χ0) is 19.7. The zero-order valence-electron chi connectivity index (χ0n) is 17.0. The molecule has 1 amide bonds. The van der Waals surface area contributed by atoms with Gasteiger partial charge in [-0.3, -0.25) is 9.69 Å². The molecule has 4 rings (SSSR count). The molecule has 2 aliphatic heterocycles. The van der Waals surface area contributed by atoms with E-state index < -0.39 is 0 Å². The first-order valence-electron chi connectivity index (χ1n) is 10.1. The van der Waals surface area contributed by atoms with Gasteiger partial charge in [-0.25, -0.2) is 4.98 Å². The van der Waals surface area contributed by atoms with Crippen LogP contribution in [0.15, 0.2) is 10.6 Å². The number of carbonyl (C=O) groups excluding carboxylic acids is 1. The summed E-state index contributed by atoms with van der Waals surface area (Å²) in [6, 6.07) is 0. The number of aromatic nitrogens is 5. The van der Waals surface area contributed by atoms with E-state index in [1.807, 2.05) is 4.90 Å². The largest absolute Gasteiger partial charge is 0.435 e. The fourth-order valence-electron chi connectivity index (χ4n) is 4.25. The van der Waals surface area contributed by atoms with Crippen LogP contribution in [0.2, 0.25) is 0 Å². The summed E-state index contributed by atoms with van der Waals surface area (Å²) in [5, 5.41) is 12.2. The average Bonchev–Trinajstić information content (AvgIpc) is 3.30. The van der Waals surface area contributed by atoms with Crippen LogP contribution in [0.25, 0.3) is 0 Å². The molecule has 4 heterocycles. The molecule has 152 valence electrons. The number of carbonyl (C=O) groups is 1. The maximum Gasteiger partial charge on any atom is 0.291 e. The number of aryl methyl sites for hydroxylation is 1. The highest BCUT2D eigenvalue weighted by Crippen LogP contribution is 2.31. The topological polar surface area (TPSA) is 93.2 Å². The lowest BCUT2D eigenvalue weighted by molar-refractivity contribution is 0.0549. The van der Waals surface area contributed by atoms with Gasteiger partial charge in [0.15, 0.2) is 11.7 Å². The molecule has 2 aromatic rings. The van der Waals surface area contributed by atoms with Crippen LogP contribution in [0.4, 0.5) is 0 Å². The molecule has 0 spiro atoms. The Morgan fingerprint density at radius 2 is 2.07 bits per heavy atom. The number of tetrazole rings is 1. The molecule has 0 atom stereocenters. The van der Waals surface area contributed by atoms with E-state index in [1.165, 1.54) is 4.80 Å². The van der Waals surface area contributed by atoms with Crippen molar-refractivity contribution in [2.75, 3.05) is 26.2 Å². The molecular formula is C19H29N7O2. The molecule has 2 aromatic heterocycles. The first kappa shape index (κ1) is 19.0. The van der Waals surface area contributed by atoms with Gasteiger partial charge in [-0.1, -0.05) is 13.8 Å². The van der Waals surface area contributed by atoms with Gasteiger partial charge in [0, 0.05) is 19.0 Å². The van der Waals surface area contributed by atoms with Crippen molar-refractivity contribution >= 4 is 5.91 Å². The Morgan fingerprint density at radius 1 is 1.29 bits per heavy atom. The number of hydrogen-bond acceptors (Lipinski definition) is 7. The number of rotatable bonds is 4. The van der Waals surface area contributed by atoms with Crippen LogP contribution < -0.4 is 0 Å². The molecule has 9 heteroatoms. The normalized spacial score (nSPS) is 21.2. The fraction of sp³-hybridized carbons (Fsp3) is 0.737. The van der Waals surface area contributed by atoms with Gasteiger partial charge in [-0.2, -0.15) is 4.80 Å². The third-order valence-electron chi connectivity index (χ3n) is 5.77. The van der Waals surface area contributed by atoms with Crippen LogP contribution >= 0.6 is 0 Å². The van der Waals surface area contributed by atoms with Crippen molar-refractivity contribution in [3.63, 3.8) is 0 Å². The Hall–Kier alpha value is -2.29. The van der Waals surface area contributed by atoms with Gasteiger partial charge in [-0.05, 0) is 49.4 Å². The van der Waals surface area contributed by atoms with Gasteiger partial charge in [0.25, 0.3) is 5.91 Å². The predicted molar refractivity (Wildman–Crippen MR) is 101 cm³/mol. The van der Waals surface area contributed by atoms with Gasteiger partial charge >= 0.3 is 0 Å². The highest BCUT2D eigenvalue weighted by atomic mass is 16.4. The second-order valence-electron chi connectivity index (χ2n) is 8.80. The summed E-state index contributed by atoms with van der Waals surface area (Å²) in [4.78, 5) is 22.9. The Bertz CT molecular complexity index is 820. The van der Waals surface area contributed by atoms with Crippen molar-refractivity contribution in [1.29, 1.82) is 0 Å². The minimum Gasteiger partial charge on any atom is -0.435 e. The quantitative estimate of drug-likeness (QED) is 0.790. The number of piperidine rings is 2. The van der Waals surface area contributed by atoms with Crippen molar-refractivity contribution < 1.29 is 9.21 Å². The summed E-state index contributed by atoms with van der Waals surface area (Å²) in [5.74, 6) is 2.04. The highest BCUT2D eigenvalue weighted by Gasteiger charge is 2.32. The molecule has 2 saturated heterocycles. The van der Waals surface area contributed by atoms with E-state index >= 15 is 0 Å². The molecule has 2 aliphatic rings. The Labute approximate surface area is 165 Å². The van der Waals surface area contributed by atoms with Crippen LogP contribution in [0, 0.1) is 5.41 Å². The lowest BCUT2D eigenvalue weighted by Crippen LogP contribution is -2.43. The zero-order valence-corrected chi connectivity index (χ0v) is 17.0.